The summed E-state index contributed by atoms with van der Waals surface area (Å²) in [5, 5.41) is 2.91. The predicted molar refractivity (Wildman–Crippen MR) is 143 cm³/mol. The van der Waals surface area contributed by atoms with Crippen molar-refractivity contribution in [3.05, 3.63) is 71.3 Å². The van der Waals surface area contributed by atoms with Crippen molar-refractivity contribution in [2.24, 2.45) is 0 Å². The lowest BCUT2D eigenvalue weighted by atomic mass is 10.1. The molecule has 1 amide bonds. The van der Waals surface area contributed by atoms with Crippen LogP contribution < -0.4 is 34.7 Å². The van der Waals surface area contributed by atoms with Crippen molar-refractivity contribution < 1.29 is 28.5 Å². The molecule has 0 aliphatic rings. The molecule has 3 rings (SSSR count). The lowest BCUT2D eigenvalue weighted by Gasteiger charge is -2.16. The van der Waals surface area contributed by atoms with Crippen molar-refractivity contribution in [2.75, 3.05) is 46.6 Å². The standard InChI is InChI=1S/C28H30N2O6/c1-32-22-14-11-20(10-6-19-16-23(33-2)27(35-4)24(17-19)34-3)26(28(22)36-5)30-25(31)15-9-18-7-12-21(29)13-8-18/h6-17H,29H2,1-5H3,(H,30,31). The van der Waals surface area contributed by atoms with Gasteiger partial charge in [0.2, 0.25) is 11.7 Å². The largest absolute Gasteiger partial charge is 0.493 e. The summed E-state index contributed by atoms with van der Waals surface area (Å²) in [6.45, 7) is 0. The zero-order chi connectivity index (χ0) is 26.1. The van der Waals surface area contributed by atoms with Crippen LogP contribution in [0.1, 0.15) is 16.7 Å². The van der Waals surface area contributed by atoms with E-state index < -0.39 is 0 Å². The monoisotopic (exact) mass is 490 g/mol. The van der Waals surface area contributed by atoms with Crippen LogP contribution in [-0.2, 0) is 4.79 Å². The van der Waals surface area contributed by atoms with E-state index in [1.807, 2.05) is 42.5 Å². The second-order valence-corrected chi connectivity index (χ2v) is 7.55. The highest BCUT2D eigenvalue weighted by Gasteiger charge is 2.16. The van der Waals surface area contributed by atoms with Crippen molar-refractivity contribution in [2.45, 2.75) is 0 Å². The molecule has 8 heteroatoms. The highest BCUT2D eigenvalue weighted by molar-refractivity contribution is 6.04. The molecular weight excluding hydrogens is 460 g/mol. The third-order valence-electron chi connectivity index (χ3n) is 5.33. The van der Waals surface area contributed by atoms with Crippen LogP contribution in [-0.4, -0.2) is 41.5 Å². The van der Waals surface area contributed by atoms with Gasteiger partial charge < -0.3 is 34.7 Å². The average Bonchev–Trinajstić information content (AvgIpc) is 2.90. The predicted octanol–water partition coefficient (Wildman–Crippen LogP) is 5.13. The number of ether oxygens (including phenoxy) is 5. The summed E-state index contributed by atoms with van der Waals surface area (Å²) < 4.78 is 27.3. The lowest BCUT2D eigenvalue weighted by molar-refractivity contribution is -0.111. The van der Waals surface area contributed by atoms with Gasteiger partial charge in [-0.15, -0.1) is 0 Å². The van der Waals surface area contributed by atoms with E-state index in [4.69, 9.17) is 29.4 Å². The first-order valence-electron chi connectivity index (χ1n) is 11.0. The Labute approximate surface area is 210 Å². The van der Waals surface area contributed by atoms with Crippen LogP contribution in [0.4, 0.5) is 11.4 Å². The lowest BCUT2D eigenvalue weighted by Crippen LogP contribution is -2.11. The minimum atomic E-state index is -0.333. The van der Waals surface area contributed by atoms with E-state index in [2.05, 4.69) is 5.32 Å². The molecule has 0 atom stereocenters. The summed E-state index contributed by atoms with van der Waals surface area (Å²) in [6, 6.07) is 14.5. The van der Waals surface area contributed by atoms with Crippen LogP contribution in [0.15, 0.2) is 54.6 Å². The number of carbonyl (C=O) groups excluding carboxylic acids is 1. The van der Waals surface area contributed by atoms with E-state index >= 15 is 0 Å². The topological polar surface area (TPSA) is 101 Å². The van der Waals surface area contributed by atoms with Gasteiger partial charge in [0.25, 0.3) is 0 Å². The van der Waals surface area contributed by atoms with Gasteiger partial charge in [0.1, 0.15) is 0 Å². The minimum absolute atomic E-state index is 0.333. The average molecular weight is 491 g/mol. The van der Waals surface area contributed by atoms with Gasteiger partial charge in [0.15, 0.2) is 23.0 Å². The molecule has 0 aromatic heterocycles. The van der Waals surface area contributed by atoms with Crippen molar-refractivity contribution in [3.8, 4) is 28.7 Å². The Hall–Kier alpha value is -4.59. The Kier molecular flexibility index (Phi) is 8.83. The summed E-state index contributed by atoms with van der Waals surface area (Å²) in [7, 11) is 7.73. The maximum absolute atomic E-state index is 12.8. The molecule has 36 heavy (non-hydrogen) atoms. The minimum Gasteiger partial charge on any atom is -0.493 e. The molecule has 0 aliphatic heterocycles. The Morgan fingerprint density at radius 2 is 1.31 bits per heavy atom. The number of anilines is 2. The summed E-state index contributed by atoms with van der Waals surface area (Å²) in [4.78, 5) is 12.8. The Bertz CT molecular complexity index is 1240. The molecule has 0 unspecified atom stereocenters. The second-order valence-electron chi connectivity index (χ2n) is 7.55. The first kappa shape index (κ1) is 26.0. The van der Waals surface area contributed by atoms with Crippen LogP contribution in [0.5, 0.6) is 28.7 Å². The number of carbonyl (C=O) groups is 1. The highest BCUT2D eigenvalue weighted by Crippen LogP contribution is 2.40. The maximum atomic E-state index is 12.8. The zero-order valence-corrected chi connectivity index (χ0v) is 21.0. The molecular formula is C28H30N2O6. The van der Waals surface area contributed by atoms with Crippen LogP contribution in [0.2, 0.25) is 0 Å². The van der Waals surface area contributed by atoms with Crippen LogP contribution >= 0.6 is 0 Å². The summed E-state index contributed by atoms with van der Waals surface area (Å²) in [5.41, 5.74) is 9.20. The number of methoxy groups -OCH3 is 5. The molecule has 0 heterocycles. The summed E-state index contributed by atoms with van der Waals surface area (Å²) in [5.74, 6) is 2.12. The number of nitrogens with one attached hydrogen (secondary N) is 1. The number of hydrogen-bond donors (Lipinski definition) is 2. The number of nitrogen functional groups attached to an aromatic ring is 1. The van der Waals surface area contributed by atoms with Gasteiger partial charge in [-0.1, -0.05) is 24.3 Å². The molecule has 0 saturated carbocycles. The third-order valence-corrected chi connectivity index (χ3v) is 5.33. The van der Waals surface area contributed by atoms with Crippen molar-refractivity contribution in [3.63, 3.8) is 0 Å². The van der Waals surface area contributed by atoms with Crippen LogP contribution in [0, 0.1) is 0 Å². The third kappa shape index (κ3) is 6.09. The number of amides is 1. The Morgan fingerprint density at radius 1 is 0.694 bits per heavy atom. The molecule has 0 radical (unpaired) electrons. The molecule has 8 nitrogen and oxygen atoms in total. The van der Waals surface area contributed by atoms with Crippen molar-refractivity contribution >= 4 is 35.5 Å². The van der Waals surface area contributed by atoms with E-state index in [1.54, 1.807) is 45.6 Å². The van der Waals surface area contributed by atoms with Gasteiger partial charge in [-0.3, -0.25) is 4.79 Å². The first-order valence-corrected chi connectivity index (χ1v) is 11.0. The van der Waals surface area contributed by atoms with Crippen molar-refractivity contribution in [1.29, 1.82) is 0 Å². The van der Waals surface area contributed by atoms with Crippen LogP contribution in [0.3, 0.4) is 0 Å². The summed E-state index contributed by atoms with van der Waals surface area (Å²) >= 11 is 0. The summed E-state index contributed by atoms with van der Waals surface area (Å²) in [6.07, 6.45) is 6.86. The quantitative estimate of drug-likeness (QED) is 0.231. The molecule has 3 aromatic carbocycles. The number of rotatable bonds is 10. The first-order chi connectivity index (χ1) is 17.4. The molecule has 0 aliphatic carbocycles. The van der Waals surface area contributed by atoms with E-state index in [9.17, 15) is 4.79 Å². The highest BCUT2D eigenvalue weighted by atomic mass is 16.5. The molecule has 0 saturated heterocycles. The molecule has 0 fully saturated rings. The van der Waals surface area contributed by atoms with Crippen molar-refractivity contribution in [1.82, 2.24) is 0 Å². The maximum Gasteiger partial charge on any atom is 0.248 e. The molecule has 0 spiro atoms. The van der Waals surface area contributed by atoms with E-state index in [1.165, 1.54) is 20.3 Å². The van der Waals surface area contributed by atoms with Gasteiger partial charge in [-0.25, -0.2) is 0 Å². The van der Waals surface area contributed by atoms with Gasteiger partial charge >= 0.3 is 0 Å². The molecule has 3 N–H and O–H groups in total. The van der Waals surface area contributed by atoms with E-state index in [0.717, 1.165) is 11.1 Å². The van der Waals surface area contributed by atoms with Gasteiger partial charge in [-0.05, 0) is 53.6 Å². The van der Waals surface area contributed by atoms with E-state index in [0.29, 0.717) is 45.7 Å². The number of hydrogen-bond acceptors (Lipinski definition) is 7. The molecule has 3 aromatic rings. The normalized spacial score (nSPS) is 10.9. The fourth-order valence-electron chi connectivity index (χ4n) is 3.54. The smallest absolute Gasteiger partial charge is 0.248 e. The van der Waals surface area contributed by atoms with E-state index in [-0.39, 0.29) is 5.91 Å². The van der Waals surface area contributed by atoms with Crippen LogP contribution in [0.25, 0.3) is 18.2 Å². The second kappa shape index (κ2) is 12.2. The fraction of sp³-hybridized carbons (Fsp3) is 0.179. The SMILES string of the molecule is COc1cc(C=Cc2ccc(OC)c(OC)c2NC(=O)C=Cc2ccc(N)cc2)cc(OC)c1OC. The Morgan fingerprint density at radius 3 is 1.86 bits per heavy atom. The number of nitrogens with two attached hydrogens (primary N) is 1. The van der Waals surface area contributed by atoms with Gasteiger partial charge in [-0.2, -0.15) is 0 Å². The Balaban J connectivity index is 1.96. The molecule has 0 bridgehead atoms. The zero-order valence-electron chi connectivity index (χ0n) is 21.0. The fourth-order valence-corrected chi connectivity index (χ4v) is 3.54. The van der Waals surface area contributed by atoms with Gasteiger partial charge in [0, 0.05) is 17.3 Å². The number of benzene rings is 3. The van der Waals surface area contributed by atoms with Gasteiger partial charge in [0.05, 0.1) is 41.2 Å². The molecule has 188 valence electrons.